The zero-order valence-corrected chi connectivity index (χ0v) is 10.5. The van der Waals surface area contributed by atoms with Crippen molar-refractivity contribution in [2.24, 2.45) is 0 Å². The fraction of sp³-hybridized carbons (Fsp3) is 0.417. The maximum atomic E-state index is 10.6. The molecule has 18 heavy (non-hydrogen) atoms. The Bertz CT molecular complexity index is 479. The van der Waals surface area contributed by atoms with Gasteiger partial charge in [-0.3, -0.25) is 10.1 Å². The summed E-state index contributed by atoms with van der Waals surface area (Å²) >= 11 is 0. The Hall–Kier alpha value is -2.29. The van der Waals surface area contributed by atoms with Crippen molar-refractivity contribution in [3.8, 4) is 6.07 Å². The number of non-ortho nitro benzene ring substituents is 1. The summed E-state index contributed by atoms with van der Waals surface area (Å²) in [4.78, 5) is 12.1. The fourth-order valence-electron chi connectivity index (χ4n) is 1.74. The van der Waals surface area contributed by atoms with E-state index in [1.807, 2.05) is 18.7 Å². The molecule has 0 radical (unpaired) electrons. The minimum atomic E-state index is -0.477. The molecule has 6 heteroatoms. The number of nitrogens with zero attached hydrogens (tertiary/aromatic N) is 3. The van der Waals surface area contributed by atoms with Crippen molar-refractivity contribution >= 4 is 17.1 Å². The van der Waals surface area contributed by atoms with E-state index in [-0.39, 0.29) is 11.7 Å². The van der Waals surface area contributed by atoms with Crippen LogP contribution in [0, 0.1) is 21.4 Å². The molecule has 1 rings (SSSR count). The maximum Gasteiger partial charge on any atom is 0.271 e. The van der Waals surface area contributed by atoms with Crippen molar-refractivity contribution in [3.05, 3.63) is 28.3 Å². The molecule has 0 heterocycles. The van der Waals surface area contributed by atoms with Gasteiger partial charge in [-0.05, 0) is 19.9 Å². The van der Waals surface area contributed by atoms with Crippen molar-refractivity contribution in [3.63, 3.8) is 0 Å². The molecule has 0 atom stereocenters. The van der Waals surface area contributed by atoms with E-state index in [0.717, 1.165) is 5.69 Å². The summed E-state index contributed by atoms with van der Waals surface area (Å²) in [5.41, 5.74) is 6.90. The second kappa shape index (κ2) is 5.87. The normalized spacial score (nSPS) is 10.1. The molecule has 0 aromatic heterocycles. The molecular formula is C12H16N4O2. The topological polar surface area (TPSA) is 96.2 Å². The first-order chi connectivity index (χ1) is 8.47. The van der Waals surface area contributed by atoms with E-state index in [9.17, 15) is 10.1 Å². The minimum Gasteiger partial charge on any atom is -0.397 e. The Kier molecular flexibility index (Phi) is 4.49. The molecule has 0 unspecified atom stereocenters. The summed E-state index contributed by atoms with van der Waals surface area (Å²) in [6.07, 6.45) is 0.384. The monoisotopic (exact) mass is 248 g/mol. The minimum absolute atomic E-state index is 0.0276. The quantitative estimate of drug-likeness (QED) is 0.490. The lowest BCUT2D eigenvalue weighted by atomic mass is 10.2. The van der Waals surface area contributed by atoms with Gasteiger partial charge >= 0.3 is 0 Å². The molecule has 2 N–H and O–H groups in total. The Labute approximate surface area is 106 Å². The number of hydrogen-bond acceptors (Lipinski definition) is 5. The number of nitro groups is 1. The van der Waals surface area contributed by atoms with Gasteiger partial charge in [0.1, 0.15) is 0 Å². The number of nitro benzene ring substituents is 1. The van der Waals surface area contributed by atoms with Gasteiger partial charge < -0.3 is 10.6 Å². The first-order valence-corrected chi connectivity index (χ1v) is 5.65. The SMILES string of the molecule is CC(C)N(CCC#N)c1ccc([N+](=O)[O-])cc1N. The molecule has 6 nitrogen and oxygen atoms in total. The second-order valence-corrected chi connectivity index (χ2v) is 4.20. The molecule has 1 aromatic rings. The summed E-state index contributed by atoms with van der Waals surface area (Å²) in [7, 11) is 0. The Morgan fingerprint density at radius 3 is 2.67 bits per heavy atom. The molecule has 0 bridgehead atoms. The lowest BCUT2D eigenvalue weighted by molar-refractivity contribution is -0.384. The van der Waals surface area contributed by atoms with Gasteiger partial charge in [-0.1, -0.05) is 0 Å². The highest BCUT2D eigenvalue weighted by atomic mass is 16.6. The van der Waals surface area contributed by atoms with Crippen LogP contribution in [0.25, 0.3) is 0 Å². The average molecular weight is 248 g/mol. The van der Waals surface area contributed by atoms with Crippen molar-refractivity contribution in [2.75, 3.05) is 17.2 Å². The Morgan fingerprint density at radius 1 is 1.56 bits per heavy atom. The van der Waals surface area contributed by atoms with E-state index in [2.05, 4.69) is 6.07 Å². The lowest BCUT2D eigenvalue weighted by Gasteiger charge is -2.29. The summed E-state index contributed by atoms with van der Waals surface area (Å²) in [6, 6.07) is 6.65. The van der Waals surface area contributed by atoms with Crippen LogP contribution < -0.4 is 10.6 Å². The number of rotatable bonds is 5. The van der Waals surface area contributed by atoms with Crippen LogP contribution in [0.2, 0.25) is 0 Å². The van der Waals surface area contributed by atoms with E-state index in [4.69, 9.17) is 11.0 Å². The van der Waals surface area contributed by atoms with Crippen LogP contribution in [-0.4, -0.2) is 17.5 Å². The number of nitriles is 1. The predicted octanol–water partition coefficient (Wildman–Crippen LogP) is 2.31. The molecule has 0 amide bonds. The van der Waals surface area contributed by atoms with E-state index in [0.29, 0.717) is 18.7 Å². The summed E-state index contributed by atoms with van der Waals surface area (Å²) < 4.78 is 0. The summed E-state index contributed by atoms with van der Waals surface area (Å²) in [5.74, 6) is 0. The van der Waals surface area contributed by atoms with Crippen molar-refractivity contribution < 1.29 is 4.92 Å². The van der Waals surface area contributed by atoms with Crippen LogP contribution in [0.5, 0.6) is 0 Å². The van der Waals surface area contributed by atoms with E-state index < -0.39 is 4.92 Å². The number of nitrogen functional groups attached to an aromatic ring is 1. The molecule has 0 aliphatic rings. The maximum absolute atomic E-state index is 10.6. The lowest BCUT2D eigenvalue weighted by Crippen LogP contribution is -2.32. The molecule has 1 aromatic carbocycles. The molecule has 96 valence electrons. The van der Waals surface area contributed by atoms with E-state index >= 15 is 0 Å². The van der Waals surface area contributed by atoms with Crippen molar-refractivity contribution in [1.29, 1.82) is 5.26 Å². The van der Waals surface area contributed by atoms with Gasteiger partial charge in [0.2, 0.25) is 0 Å². The van der Waals surface area contributed by atoms with Crippen LogP contribution in [0.1, 0.15) is 20.3 Å². The van der Waals surface area contributed by atoms with Gasteiger partial charge in [-0.2, -0.15) is 5.26 Å². The van der Waals surface area contributed by atoms with Gasteiger partial charge in [0.05, 0.1) is 28.8 Å². The molecule has 0 saturated heterocycles. The summed E-state index contributed by atoms with van der Waals surface area (Å²) in [6.45, 7) is 4.52. The van der Waals surface area contributed by atoms with Crippen LogP contribution in [0.3, 0.4) is 0 Å². The smallest absolute Gasteiger partial charge is 0.271 e. The van der Waals surface area contributed by atoms with Gasteiger partial charge in [-0.25, -0.2) is 0 Å². The highest BCUT2D eigenvalue weighted by Crippen LogP contribution is 2.29. The second-order valence-electron chi connectivity index (χ2n) is 4.20. The van der Waals surface area contributed by atoms with Crippen molar-refractivity contribution in [1.82, 2.24) is 0 Å². The molecule has 0 saturated carbocycles. The van der Waals surface area contributed by atoms with Gasteiger partial charge in [0.15, 0.2) is 0 Å². The third kappa shape index (κ3) is 3.10. The standard InChI is InChI=1S/C12H16N4O2/c1-9(2)15(7-3-6-13)12-5-4-10(16(17)18)8-11(12)14/h4-5,8-9H,3,7,14H2,1-2H3. The number of nitrogens with two attached hydrogens (primary N) is 1. The van der Waals surface area contributed by atoms with Gasteiger partial charge in [-0.15, -0.1) is 0 Å². The molecule has 0 spiro atoms. The highest BCUT2D eigenvalue weighted by molar-refractivity contribution is 5.71. The molecule has 0 aliphatic carbocycles. The average Bonchev–Trinajstić information content (AvgIpc) is 2.30. The Balaban J connectivity index is 3.06. The third-order valence-electron chi connectivity index (χ3n) is 2.62. The Morgan fingerprint density at radius 2 is 2.22 bits per heavy atom. The van der Waals surface area contributed by atoms with E-state index in [1.165, 1.54) is 12.1 Å². The van der Waals surface area contributed by atoms with Gasteiger partial charge in [0, 0.05) is 24.7 Å². The number of benzene rings is 1. The first-order valence-electron chi connectivity index (χ1n) is 5.65. The zero-order chi connectivity index (χ0) is 13.7. The zero-order valence-electron chi connectivity index (χ0n) is 10.5. The third-order valence-corrected chi connectivity index (χ3v) is 2.62. The summed E-state index contributed by atoms with van der Waals surface area (Å²) in [5, 5.41) is 19.3. The van der Waals surface area contributed by atoms with Crippen LogP contribution >= 0.6 is 0 Å². The number of anilines is 2. The number of hydrogen-bond donors (Lipinski definition) is 1. The molecule has 0 fully saturated rings. The van der Waals surface area contributed by atoms with Crippen LogP contribution in [-0.2, 0) is 0 Å². The van der Waals surface area contributed by atoms with Gasteiger partial charge in [0.25, 0.3) is 5.69 Å². The van der Waals surface area contributed by atoms with Crippen molar-refractivity contribution in [2.45, 2.75) is 26.3 Å². The van der Waals surface area contributed by atoms with E-state index in [1.54, 1.807) is 6.07 Å². The molecule has 0 aliphatic heterocycles. The predicted molar refractivity (Wildman–Crippen MR) is 70.2 cm³/mol. The highest BCUT2D eigenvalue weighted by Gasteiger charge is 2.16. The largest absolute Gasteiger partial charge is 0.397 e. The molecular weight excluding hydrogens is 232 g/mol. The van der Waals surface area contributed by atoms with Crippen LogP contribution in [0.4, 0.5) is 17.1 Å². The fourth-order valence-corrected chi connectivity index (χ4v) is 1.74. The van der Waals surface area contributed by atoms with Crippen LogP contribution in [0.15, 0.2) is 18.2 Å². The first kappa shape index (κ1) is 13.8.